The van der Waals surface area contributed by atoms with Gasteiger partial charge in [-0.05, 0) is 52.1 Å². The fourth-order valence-corrected chi connectivity index (χ4v) is 4.08. The van der Waals surface area contributed by atoms with Gasteiger partial charge in [0.1, 0.15) is 0 Å². The molecule has 3 atom stereocenters. The molecule has 0 aromatic rings. The van der Waals surface area contributed by atoms with Crippen molar-refractivity contribution in [1.82, 2.24) is 15.5 Å². The summed E-state index contributed by atoms with van der Waals surface area (Å²) in [6, 6.07) is 3.23. The molecule has 0 aromatic heterocycles. The van der Waals surface area contributed by atoms with Gasteiger partial charge in [0, 0.05) is 30.7 Å². The number of hydrogen-bond acceptors (Lipinski definition) is 3. The second-order valence-corrected chi connectivity index (χ2v) is 6.28. The number of rotatable bonds is 2. The number of nitrogens with zero attached hydrogens (tertiary/aromatic N) is 1. The Kier molecular flexibility index (Phi) is 3.69. The first-order chi connectivity index (χ1) is 8.33. The molecular formula is C14H27N3. The fourth-order valence-electron chi connectivity index (χ4n) is 4.08. The van der Waals surface area contributed by atoms with E-state index >= 15 is 0 Å². The third-order valence-electron chi connectivity index (χ3n) is 5.11. The summed E-state index contributed by atoms with van der Waals surface area (Å²) in [5.74, 6) is 0. The highest BCUT2D eigenvalue weighted by molar-refractivity contribution is 4.94. The minimum absolute atomic E-state index is 0.734. The van der Waals surface area contributed by atoms with Crippen molar-refractivity contribution in [2.24, 2.45) is 0 Å². The maximum absolute atomic E-state index is 3.92. The van der Waals surface area contributed by atoms with Crippen LogP contribution in [0.2, 0.25) is 0 Å². The maximum atomic E-state index is 3.92. The van der Waals surface area contributed by atoms with Crippen LogP contribution in [0, 0.1) is 0 Å². The van der Waals surface area contributed by atoms with Crippen LogP contribution < -0.4 is 10.6 Å². The average Bonchev–Trinajstić information content (AvgIpc) is 2.32. The van der Waals surface area contributed by atoms with Gasteiger partial charge in [0.2, 0.25) is 0 Å². The van der Waals surface area contributed by atoms with Crippen LogP contribution in [0.1, 0.15) is 44.9 Å². The largest absolute Gasteiger partial charge is 0.315 e. The van der Waals surface area contributed by atoms with Crippen LogP contribution in [-0.4, -0.2) is 49.2 Å². The van der Waals surface area contributed by atoms with Gasteiger partial charge in [-0.2, -0.15) is 0 Å². The van der Waals surface area contributed by atoms with E-state index in [2.05, 4.69) is 22.6 Å². The zero-order valence-electron chi connectivity index (χ0n) is 11.1. The first-order valence-electron chi connectivity index (χ1n) is 7.51. The lowest BCUT2D eigenvalue weighted by molar-refractivity contribution is 0.0449. The highest BCUT2D eigenvalue weighted by atomic mass is 15.2. The van der Waals surface area contributed by atoms with E-state index in [1.807, 2.05) is 0 Å². The lowest BCUT2D eigenvalue weighted by Crippen LogP contribution is -2.57. The Hall–Kier alpha value is -0.120. The summed E-state index contributed by atoms with van der Waals surface area (Å²) in [5.41, 5.74) is 0. The van der Waals surface area contributed by atoms with Crippen LogP contribution in [0.4, 0.5) is 0 Å². The summed E-state index contributed by atoms with van der Waals surface area (Å²) in [7, 11) is 2.34. The summed E-state index contributed by atoms with van der Waals surface area (Å²) in [4.78, 5) is 2.65. The molecule has 0 saturated carbocycles. The Bertz CT molecular complexity index is 236. The number of nitrogens with one attached hydrogen (secondary N) is 2. The van der Waals surface area contributed by atoms with Gasteiger partial charge in [0.05, 0.1) is 0 Å². The number of piperidine rings is 3. The van der Waals surface area contributed by atoms with Crippen molar-refractivity contribution in [3.05, 3.63) is 0 Å². The van der Waals surface area contributed by atoms with Gasteiger partial charge < -0.3 is 15.5 Å². The third-order valence-corrected chi connectivity index (χ3v) is 5.11. The molecule has 3 heteroatoms. The van der Waals surface area contributed by atoms with E-state index in [1.165, 1.54) is 58.0 Å². The van der Waals surface area contributed by atoms with Crippen molar-refractivity contribution >= 4 is 0 Å². The highest BCUT2D eigenvalue weighted by Gasteiger charge is 2.36. The molecular weight excluding hydrogens is 210 g/mol. The zero-order chi connectivity index (χ0) is 11.7. The topological polar surface area (TPSA) is 27.3 Å². The lowest BCUT2D eigenvalue weighted by atomic mass is 9.82. The molecule has 0 aliphatic carbocycles. The van der Waals surface area contributed by atoms with E-state index < -0.39 is 0 Å². The van der Waals surface area contributed by atoms with Gasteiger partial charge in [-0.15, -0.1) is 0 Å². The van der Waals surface area contributed by atoms with Crippen LogP contribution in [0.25, 0.3) is 0 Å². The molecule has 98 valence electrons. The van der Waals surface area contributed by atoms with E-state index in [1.54, 1.807) is 0 Å². The van der Waals surface area contributed by atoms with Crippen molar-refractivity contribution in [2.75, 3.05) is 20.1 Å². The van der Waals surface area contributed by atoms with Crippen molar-refractivity contribution in [3.8, 4) is 0 Å². The molecule has 0 aromatic carbocycles. The van der Waals surface area contributed by atoms with Crippen LogP contribution in [-0.2, 0) is 0 Å². The molecule has 17 heavy (non-hydrogen) atoms. The smallest absolute Gasteiger partial charge is 0.0195 e. The maximum Gasteiger partial charge on any atom is 0.0195 e. The van der Waals surface area contributed by atoms with E-state index in [0.717, 1.165) is 24.2 Å². The lowest BCUT2D eigenvalue weighted by Gasteiger charge is -2.48. The van der Waals surface area contributed by atoms with Gasteiger partial charge >= 0.3 is 0 Å². The molecule has 0 radical (unpaired) electrons. The van der Waals surface area contributed by atoms with Gasteiger partial charge in [-0.1, -0.05) is 6.42 Å². The molecule has 0 amide bonds. The van der Waals surface area contributed by atoms with Crippen LogP contribution >= 0.6 is 0 Å². The summed E-state index contributed by atoms with van der Waals surface area (Å²) in [6.45, 7) is 2.40. The van der Waals surface area contributed by atoms with Crippen molar-refractivity contribution in [2.45, 2.75) is 69.1 Å². The van der Waals surface area contributed by atoms with Crippen LogP contribution in [0.5, 0.6) is 0 Å². The Morgan fingerprint density at radius 2 is 1.76 bits per heavy atom. The first kappa shape index (κ1) is 11.9. The molecule has 3 nitrogen and oxygen atoms in total. The molecule has 2 bridgehead atoms. The van der Waals surface area contributed by atoms with Crippen LogP contribution in [0.15, 0.2) is 0 Å². The third kappa shape index (κ3) is 2.67. The molecule has 3 heterocycles. The Morgan fingerprint density at radius 3 is 2.41 bits per heavy atom. The molecule has 3 fully saturated rings. The Morgan fingerprint density at radius 1 is 1.00 bits per heavy atom. The predicted molar refractivity (Wildman–Crippen MR) is 71.2 cm³/mol. The first-order valence-corrected chi connectivity index (χ1v) is 7.51. The van der Waals surface area contributed by atoms with Crippen LogP contribution in [0.3, 0.4) is 0 Å². The summed E-state index contributed by atoms with van der Waals surface area (Å²) < 4.78 is 0. The average molecular weight is 237 g/mol. The monoisotopic (exact) mass is 237 g/mol. The minimum Gasteiger partial charge on any atom is -0.315 e. The van der Waals surface area contributed by atoms with Gasteiger partial charge in [-0.3, -0.25) is 0 Å². The molecule has 3 aliphatic rings. The van der Waals surface area contributed by atoms with E-state index in [0.29, 0.717) is 0 Å². The predicted octanol–water partition coefficient (Wildman–Crippen LogP) is 1.34. The Labute approximate surface area is 105 Å². The Balaban J connectivity index is 1.54. The van der Waals surface area contributed by atoms with E-state index in [4.69, 9.17) is 0 Å². The quantitative estimate of drug-likeness (QED) is 0.759. The molecule has 3 unspecified atom stereocenters. The van der Waals surface area contributed by atoms with Gasteiger partial charge in [0.15, 0.2) is 0 Å². The second kappa shape index (κ2) is 5.25. The molecule has 0 spiro atoms. The molecule has 3 aliphatic heterocycles. The standard InChI is InChI=1S/C14H27N3/c1-17-13-5-2-6-14(17)9-12(8-13)16-11-4-3-7-15-10-11/h11-16H,2-10H2,1H3. The number of fused-ring (bicyclic) bond motifs is 2. The van der Waals surface area contributed by atoms with Crippen molar-refractivity contribution in [1.29, 1.82) is 0 Å². The van der Waals surface area contributed by atoms with E-state index in [-0.39, 0.29) is 0 Å². The van der Waals surface area contributed by atoms with Crippen molar-refractivity contribution < 1.29 is 0 Å². The van der Waals surface area contributed by atoms with Crippen molar-refractivity contribution in [3.63, 3.8) is 0 Å². The number of hydrogen-bond donors (Lipinski definition) is 2. The highest BCUT2D eigenvalue weighted by Crippen LogP contribution is 2.32. The molecule has 3 rings (SSSR count). The SMILES string of the molecule is CN1C2CCCC1CC(NC1CCCNC1)C2. The second-order valence-electron chi connectivity index (χ2n) is 6.28. The fraction of sp³-hybridized carbons (Fsp3) is 1.00. The summed E-state index contributed by atoms with van der Waals surface area (Å²) in [5, 5.41) is 7.43. The van der Waals surface area contributed by atoms with Gasteiger partial charge in [0.25, 0.3) is 0 Å². The van der Waals surface area contributed by atoms with Gasteiger partial charge in [-0.25, -0.2) is 0 Å². The van der Waals surface area contributed by atoms with E-state index in [9.17, 15) is 0 Å². The summed E-state index contributed by atoms with van der Waals surface area (Å²) >= 11 is 0. The zero-order valence-corrected chi connectivity index (χ0v) is 11.1. The summed E-state index contributed by atoms with van der Waals surface area (Å²) in [6.07, 6.45) is 9.78. The molecule has 3 saturated heterocycles. The minimum atomic E-state index is 0.734. The normalized spacial score (nSPS) is 43.6. The molecule has 2 N–H and O–H groups in total.